The average molecular weight is 492 g/mol. The molecule has 0 saturated heterocycles. The Kier molecular flexibility index (Phi) is 7.73. The minimum Gasteiger partial charge on any atom is -0.476 e. The monoisotopic (exact) mass is 491 g/mol. The Morgan fingerprint density at radius 2 is 1.83 bits per heavy atom. The molecule has 0 aliphatic heterocycles. The Morgan fingerprint density at radius 1 is 1.14 bits per heavy atom. The Balaban J connectivity index is 1.79. The molecule has 1 aromatic carbocycles. The van der Waals surface area contributed by atoms with Crippen molar-refractivity contribution in [2.45, 2.75) is 52.7 Å². The number of benzene rings is 1. The predicted octanol–water partition coefficient (Wildman–Crippen LogP) is 4.80. The highest BCUT2D eigenvalue weighted by molar-refractivity contribution is 5.77. The maximum absolute atomic E-state index is 11.8. The van der Waals surface area contributed by atoms with E-state index in [1.165, 1.54) is 0 Å². The first-order valence-corrected chi connectivity index (χ1v) is 11.6. The topological polar surface area (TPSA) is 140 Å². The van der Waals surface area contributed by atoms with Crippen molar-refractivity contribution in [3.05, 3.63) is 48.2 Å². The third-order valence-corrected chi connectivity index (χ3v) is 4.83. The summed E-state index contributed by atoms with van der Waals surface area (Å²) < 4.78 is 12.7. The quantitative estimate of drug-likeness (QED) is 0.316. The van der Waals surface area contributed by atoms with E-state index in [1.54, 1.807) is 55.9 Å². The van der Waals surface area contributed by atoms with Crippen LogP contribution in [0.4, 0.5) is 22.0 Å². The van der Waals surface area contributed by atoms with Crippen LogP contribution in [0.5, 0.6) is 5.88 Å². The van der Waals surface area contributed by atoms with Gasteiger partial charge in [0.25, 0.3) is 0 Å². The number of nitrogen functional groups attached to an aromatic ring is 1. The van der Waals surface area contributed by atoms with Gasteiger partial charge in [0.05, 0.1) is 12.1 Å². The van der Waals surface area contributed by atoms with Crippen LogP contribution in [0.1, 0.15) is 47.1 Å². The normalized spacial score (nSPS) is 11.5. The number of nitrogens with zero attached hydrogens (tertiary/aromatic N) is 4. The van der Waals surface area contributed by atoms with Crippen molar-refractivity contribution in [2.24, 2.45) is 0 Å². The van der Waals surface area contributed by atoms with Gasteiger partial charge in [0.1, 0.15) is 35.4 Å². The number of nitriles is 1. The van der Waals surface area contributed by atoms with Crippen molar-refractivity contribution in [2.75, 3.05) is 24.2 Å². The Labute approximate surface area is 211 Å². The molecular formula is C26H33N7O3. The molecule has 0 atom stereocenters. The number of aromatic nitrogens is 3. The van der Waals surface area contributed by atoms with Crippen LogP contribution in [0.3, 0.4) is 0 Å². The Morgan fingerprint density at radius 3 is 2.44 bits per heavy atom. The summed E-state index contributed by atoms with van der Waals surface area (Å²) in [5.41, 5.74) is 7.94. The van der Waals surface area contributed by atoms with Crippen LogP contribution in [-0.2, 0) is 10.3 Å². The molecule has 0 saturated carbocycles. The fourth-order valence-corrected chi connectivity index (χ4v) is 3.29. The van der Waals surface area contributed by atoms with Crippen LogP contribution in [0.25, 0.3) is 11.3 Å². The van der Waals surface area contributed by atoms with E-state index < -0.39 is 17.2 Å². The molecule has 1 amide bonds. The van der Waals surface area contributed by atoms with Crippen LogP contribution in [0.2, 0.25) is 0 Å². The van der Waals surface area contributed by atoms with Gasteiger partial charge in [-0.3, -0.25) is 0 Å². The first-order valence-electron chi connectivity index (χ1n) is 11.6. The number of anilines is 3. The highest BCUT2D eigenvalue weighted by Gasteiger charge is 2.26. The number of pyridine rings is 1. The zero-order valence-corrected chi connectivity index (χ0v) is 21.5. The standard InChI is InChI=1S/C26H33N7O3/c1-25(2,3)33-23(20(16-27)22(32-33)17-7-9-18(28)10-8-17)31-19-11-12-29-21(15-19)35-14-13-30-24(34)36-26(4,5)6/h7-12,15H,13-14,28H2,1-6H3,(H,29,31)(H,30,34). The van der Waals surface area contributed by atoms with Crippen molar-refractivity contribution >= 4 is 23.3 Å². The second-order valence-electron chi connectivity index (χ2n) is 10.2. The number of carbonyl (C=O) groups excluding carboxylic acids is 1. The highest BCUT2D eigenvalue weighted by atomic mass is 16.6. The van der Waals surface area contributed by atoms with Crippen LogP contribution >= 0.6 is 0 Å². The van der Waals surface area contributed by atoms with Gasteiger partial charge in [-0.2, -0.15) is 10.4 Å². The fourth-order valence-electron chi connectivity index (χ4n) is 3.29. The predicted molar refractivity (Wildman–Crippen MR) is 139 cm³/mol. The number of ether oxygens (including phenoxy) is 2. The van der Waals surface area contributed by atoms with E-state index in [0.717, 1.165) is 5.56 Å². The number of alkyl carbamates (subject to hydrolysis) is 1. The van der Waals surface area contributed by atoms with Gasteiger partial charge in [-0.15, -0.1) is 0 Å². The largest absolute Gasteiger partial charge is 0.476 e. The molecule has 10 nitrogen and oxygen atoms in total. The number of rotatable bonds is 7. The number of hydrogen-bond donors (Lipinski definition) is 3. The molecule has 2 heterocycles. The van der Waals surface area contributed by atoms with Gasteiger partial charge in [-0.1, -0.05) is 12.1 Å². The fraction of sp³-hybridized carbons (Fsp3) is 0.385. The molecule has 0 unspecified atom stereocenters. The lowest BCUT2D eigenvalue weighted by Crippen LogP contribution is -2.34. The van der Waals surface area contributed by atoms with E-state index in [4.69, 9.17) is 20.3 Å². The summed E-state index contributed by atoms with van der Waals surface area (Å²) in [6, 6.07) is 13.0. The van der Waals surface area contributed by atoms with Gasteiger partial charge in [0, 0.05) is 29.2 Å². The second kappa shape index (κ2) is 10.6. The summed E-state index contributed by atoms with van der Waals surface area (Å²) >= 11 is 0. The van der Waals surface area contributed by atoms with E-state index >= 15 is 0 Å². The van der Waals surface area contributed by atoms with Crippen LogP contribution in [0.15, 0.2) is 42.6 Å². The van der Waals surface area contributed by atoms with E-state index in [1.807, 2.05) is 32.9 Å². The molecule has 3 aromatic rings. The highest BCUT2D eigenvalue weighted by Crippen LogP contribution is 2.34. The molecule has 4 N–H and O–H groups in total. The van der Waals surface area contributed by atoms with Gasteiger partial charge in [-0.25, -0.2) is 14.5 Å². The van der Waals surface area contributed by atoms with Crippen molar-refractivity contribution in [3.63, 3.8) is 0 Å². The van der Waals surface area contributed by atoms with E-state index in [2.05, 4.69) is 21.7 Å². The zero-order valence-electron chi connectivity index (χ0n) is 21.5. The van der Waals surface area contributed by atoms with Gasteiger partial charge >= 0.3 is 6.09 Å². The van der Waals surface area contributed by atoms with Crippen molar-refractivity contribution < 1.29 is 14.3 Å². The van der Waals surface area contributed by atoms with Crippen LogP contribution in [-0.4, -0.2) is 39.6 Å². The lowest BCUT2D eigenvalue weighted by Gasteiger charge is -2.23. The molecule has 0 radical (unpaired) electrons. The van der Waals surface area contributed by atoms with Crippen LogP contribution < -0.4 is 21.1 Å². The molecular weight excluding hydrogens is 458 g/mol. The number of hydrogen-bond acceptors (Lipinski definition) is 8. The molecule has 3 rings (SSSR count). The minimum absolute atomic E-state index is 0.209. The smallest absolute Gasteiger partial charge is 0.407 e. The first-order chi connectivity index (χ1) is 16.9. The molecule has 0 fully saturated rings. The SMILES string of the molecule is CC(C)(C)OC(=O)NCCOc1cc(Nc2c(C#N)c(-c3ccc(N)cc3)nn2C(C)(C)C)ccn1. The van der Waals surface area contributed by atoms with E-state index in [9.17, 15) is 10.1 Å². The molecule has 0 spiro atoms. The van der Waals surface area contributed by atoms with Gasteiger partial charge in [0.15, 0.2) is 0 Å². The molecule has 0 aliphatic rings. The molecule has 36 heavy (non-hydrogen) atoms. The number of carbonyl (C=O) groups is 1. The molecule has 2 aromatic heterocycles. The molecule has 190 valence electrons. The summed E-state index contributed by atoms with van der Waals surface area (Å²) in [4.78, 5) is 16.0. The third kappa shape index (κ3) is 6.88. The van der Waals surface area contributed by atoms with Crippen molar-refractivity contribution in [1.29, 1.82) is 5.26 Å². The number of nitrogens with one attached hydrogen (secondary N) is 2. The van der Waals surface area contributed by atoms with Crippen molar-refractivity contribution in [1.82, 2.24) is 20.1 Å². The maximum Gasteiger partial charge on any atom is 0.407 e. The summed E-state index contributed by atoms with van der Waals surface area (Å²) in [6.45, 7) is 11.9. The van der Waals surface area contributed by atoms with Gasteiger partial charge in [0.2, 0.25) is 5.88 Å². The van der Waals surface area contributed by atoms with E-state index in [0.29, 0.717) is 34.3 Å². The summed E-state index contributed by atoms with van der Waals surface area (Å²) in [5, 5.41) is 20.8. The molecule has 0 bridgehead atoms. The third-order valence-electron chi connectivity index (χ3n) is 4.83. The van der Waals surface area contributed by atoms with Crippen LogP contribution in [0, 0.1) is 11.3 Å². The lowest BCUT2D eigenvalue weighted by molar-refractivity contribution is 0.0520. The van der Waals surface area contributed by atoms with Gasteiger partial charge in [-0.05, 0) is 59.7 Å². The van der Waals surface area contributed by atoms with Gasteiger partial charge < -0.3 is 25.8 Å². The summed E-state index contributed by atoms with van der Waals surface area (Å²) in [7, 11) is 0. The second-order valence-corrected chi connectivity index (χ2v) is 10.2. The number of amides is 1. The first kappa shape index (κ1) is 26.3. The lowest BCUT2D eigenvalue weighted by atomic mass is 10.1. The summed E-state index contributed by atoms with van der Waals surface area (Å²) in [5.74, 6) is 0.922. The Hall–Kier alpha value is -4.26. The Bertz CT molecular complexity index is 1250. The molecule has 0 aliphatic carbocycles. The zero-order chi connectivity index (χ0) is 26.5. The average Bonchev–Trinajstić information content (AvgIpc) is 3.15. The molecule has 10 heteroatoms. The minimum atomic E-state index is -0.567. The number of nitrogens with two attached hydrogens (primary N) is 1. The van der Waals surface area contributed by atoms with Crippen molar-refractivity contribution in [3.8, 4) is 23.2 Å². The summed E-state index contributed by atoms with van der Waals surface area (Å²) in [6.07, 6.45) is 1.09. The maximum atomic E-state index is 11.8. The van der Waals surface area contributed by atoms with E-state index in [-0.39, 0.29) is 13.2 Å².